The average Bonchev–Trinajstić information content (AvgIpc) is 3.14. The van der Waals surface area contributed by atoms with Gasteiger partial charge >= 0.3 is 0 Å². The second kappa shape index (κ2) is 7.36. The molecule has 0 aliphatic rings. The van der Waals surface area contributed by atoms with Crippen LogP contribution in [-0.2, 0) is 6.54 Å². The summed E-state index contributed by atoms with van der Waals surface area (Å²) in [7, 11) is 1.55. The van der Waals surface area contributed by atoms with Crippen molar-refractivity contribution in [1.82, 2.24) is 9.88 Å². The van der Waals surface area contributed by atoms with Crippen molar-refractivity contribution in [3.05, 3.63) is 80.4 Å². The summed E-state index contributed by atoms with van der Waals surface area (Å²) < 4.78 is 6.76. The van der Waals surface area contributed by atoms with Gasteiger partial charge in [-0.05, 0) is 42.1 Å². The molecule has 3 rings (SSSR count). The molecule has 25 heavy (non-hydrogen) atoms. The topological polar surface area (TPSA) is 60.3 Å². The first-order chi connectivity index (χ1) is 12.1. The van der Waals surface area contributed by atoms with Gasteiger partial charge in [-0.1, -0.05) is 18.2 Å². The van der Waals surface area contributed by atoms with Crippen LogP contribution in [0.15, 0.2) is 58.8 Å². The number of aryl methyl sites for hydroxylation is 1. The Morgan fingerprint density at radius 3 is 2.72 bits per heavy atom. The van der Waals surface area contributed by atoms with Crippen LogP contribution in [0.25, 0.3) is 5.69 Å². The van der Waals surface area contributed by atoms with Crippen LogP contribution in [0.1, 0.15) is 20.8 Å². The number of hydrogen-bond acceptors (Lipinski definition) is 4. The Hall–Kier alpha value is -2.86. The van der Waals surface area contributed by atoms with Crippen molar-refractivity contribution in [3.8, 4) is 11.4 Å². The van der Waals surface area contributed by atoms with E-state index in [4.69, 9.17) is 4.74 Å². The van der Waals surface area contributed by atoms with E-state index in [1.807, 2.05) is 29.6 Å². The lowest BCUT2D eigenvalue weighted by Crippen LogP contribution is -2.33. The Labute approximate surface area is 149 Å². The Balaban J connectivity index is 1.97. The van der Waals surface area contributed by atoms with Gasteiger partial charge in [0.2, 0.25) is 0 Å². The van der Waals surface area contributed by atoms with E-state index in [2.05, 4.69) is 5.32 Å². The van der Waals surface area contributed by atoms with E-state index in [9.17, 15) is 9.59 Å². The van der Waals surface area contributed by atoms with E-state index in [1.54, 1.807) is 49.8 Å². The van der Waals surface area contributed by atoms with Gasteiger partial charge in [0, 0.05) is 11.1 Å². The van der Waals surface area contributed by atoms with Gasteiger partial charge in [0.15, 0.2) is 0 Å². The molecule has 6 heteroatoms. The molecule has 1 N–H and O–H groups in total. The molecule has 0 saturated carbocycles. The highest BCUT2D eigenvalue weighted by atomic mass is 32.1. The van der Waals surface area contributed by atoms with Crippen LogP contribution in [-0.4, -0.2) is 17.6 Å². The lowest BCUT2D eigenvalue weighted by molar-refractivity contribution is 0.0949. The summed E-state index contributed by atoms with van der Waals surface area (Å²) in [4.78, 5) is 26.5. The van der Waals surface area contributed by atoms with Crippen LogP contribution in [0.2, 0.25) is 0 Å². The summed E-state index contributed by atoms with van der Waals surface area (Å²) in [6.45, 7) is 2.16. The number of thiophene rings is 1. The Morgan fingerprint density at radius 1 is 1.20 bits per heavy atom. The van der Waals surface area contributed by atoms with Gasteiger partial charge in [-0.15, -0.1) is 11.3 Å². The minimum Gasteiger partial charge on any atom is -0.495 e. The number of carbonyl (C=O) groups excluding carboxylic acids is 1. The number of nitrogens with one attached hydrogen (secondary N) is 1. The fourth-order valence-electron chi connectivity index (χ4n) is 2.59. The predicted octanol–water partition coefficient (Wildman–Crippen LogP) is 3.15. The first-order valence-electron chi connectivity index (χ1n) is 7.78. The summed E-state index contributed by atoms with van der Waals surface area (Å²) in [5, 5.41) is 4.77. The second-order valence-corrected chi connectivity index (χ2v) is 6.52. The van der Waals surface area contributed by atoms with E-state index in [1.165, 1.54) is 4.57 Å². The maximum Gasteiger partial charge on any atom is 0.268 e. The van der Waals surface area contributed by atoms with Crippen LogP contribution in [0, 0.1) is 6.92 Å². The van der Waals surface area contributed by atoms with E-state index >= 15 is 0 Å². The lowest BCUT2D eigenvalue weighted by atomic mass is 10.1. The number of hydrogen-bond donors (Lipinski definition) is 1. The van der Waals surface area contributed by atoms with E-state index in [0.29, 0.717) is 23.5 Å². The smallest absolute Gasteiger partial charge is 0.268 e. The largest absolute Gasteiger partial charge is 0.495 e. The average molecular weight is 354 g/mol. The van der Waals surface area contributed by atoms with Crippen molar-refractivity contribution in [2.75, 3.05) is 7.11 Å². The van der Waals surface area contributed by atoms with Crippen molar-refractivity contribution < 1.29 is 9.53 Å². The maximum atomic E-state index is 12.9. The zero-order valence-electron chi connectivity index (χ0n) is 14.0. The van der Waals surface area contributed by atoms with Gasteiger partial charge in [-0.2, -0.15) is 0 Å². The summed E-state index contributed by atoms with van der Waals surface area (Å²) >= 11 is 1.56. The van der Waals surface area contributed by atoms with E-state index in [-0.39, 0.29) is 17.0 Å². The molecule has 0 unspecified atom stereocenters. The fourth-order valence-corrected chi connectivity index (χ4v) is 3.23. The molecule has 0 aliphatic heterocycles. The summed E-state index contributed by atoms with van der Waals surface area (Å²) in [6, 6.07) is 12.8. The van der Waals surface area contributed by atoms with Crippen molar-refractivity contribution >= 4 is 17.2 Å². The van der Waals surface area contributed by atoms with Crippen molar-refractivity contribution in [1.29, 1.82) is 0 Å². The van der Waals surface area contributed by atoms with Gasteiger partial charge in [0.05, 0.1) is 19.3 Å². The quantitative estimate of drug-likeness (QED) is 0.766. The van der Waals surface area contributed by atoms with Crippen LogP contribution < -0.4 is 15.6 Å². The highest BCUT2D eigenvalue weighted by Gasteiger charge is 2.17. The number of para-hydroxylation sites is 2. The third kappa shape index (κ3) is 3.49. The van der Waals surface area contributed by atoms with Crippen molar-refractivity contribution in [3.63, 3.8) is 0 Å². The molecule has 0 radical (unpaired) electrons. The number of aromatic nitrogens is 1. The molecule has 2 heterocycles. The first-order valence-corrected chi connectivity index (χ1v) is 8.66. The highest BCUT2D eigenvalue weighted by molar-refractivity contribution is 7.09. The van der Waals surface area contributed by atoms with Gasteiger partial charge < -0.3 is 10.1 Å². The van der Waals surface area contributed by atoms with Gasteiger partial charge in [0.25, 0.3) is 11.5 Å². The first kappa shape index (κ1) is 17.0. The molecule has 0 atom stereocenters. The number of pyridine rings is 1. The second-order valence-electron chi connectivity index (χ2n) is 5.48. The lowest BCUT2D eigenvalue weighted by Gasteiger charge is -2.13. The molecular weight excluding hydrogens is 336 g/mol. The summed E-state index contributed by atoms with van der Waals surface area (Å²) in [6.07, 6.45) is 1.66. The SMILES string of the molecule is COc1ccccc1-n1ccc(C)c(C(=O)NCc2cccs2)c1=O. The molecule has 3 aromatic rings. The van der Waals surface area contributed by atoms with Crippen LogP contribution in [0.3, 0.4) is 0 Å². The Kier molecular flexibility index (Phi) is 5.00. The highest BCUT2D eigenvalue weighted by Crippen LogP contribution is 2.21. The monoisotopic (exact) mass is 354 g/mol. The molecule has 128 valence electrons. The number of nitrogens with zero attached hydrogens (tertiary/aromatic N) is 1. The number of methoxy groups -OCH3 is 1. The van der Waals surface area contributed by atoms with E-state index in [0.717, 1.165) is 4.88 Å². The molecule has 0 bridgehead atoms. The zero-order valence-corrected chi connectivity index (χ0v) is 14.8. The third-order valence-corrected chi connectivity index (χ3v) is 4.75. The zero-order chi connectivity index (χ0) is 17.8. The minimum atomic E-state index is -0.375. The number of amides is 1. The normalized spacial score (nSPS) is 10.5. The molecule has 0 spiro atoms. The predicted molar refractivity (Wildman–Crippen MR) is 98.8 cm³/mol. The molecule has 1 amide bonds. The fraction of sp³-hybridized carbons (Fsp3) is 0.158. The summed E-state index contributed by atoms with van der Waals surface area (Å²) in [5.74, 6) is 0.193. The Bertz CT molecular complexity index is 946. The molecule has 2 aromatic heterocycles. The van der Waals surface area contributed by atoms with Crippen molar-refractivity contribution in [2.24, 2.45) is 0 Å². The number of rotatable bonds is 5. The van der Waals surface area contributed by atoms with Crippen molar-refractivity contribution in [2.45, 2.75) is 13.5 Å². The Morgan fingerprint density at radius 2 is 2.00 bits per heavy atom. The maximum absolute atomic E-state index is 12.9. The number of carbonyl (C=O) groups is 1. The number of ether oxygens (including phenoxy) is 1. The van der Waals surface area contributed by atoms with E-state index < -0.39 is 0 Å². The standard InChI is InChI=1S/C19H18N2O3S/c1-13-9-10-21(15-7-3-4-8-16(15)24-2)19(23)17(13)18(22)20-12-14-6-5-11-25-14/h3-11H,12H2,1-2H3,(H,20,22). The minimum absolute atomic E-state index is 0.143. The third-order valence-electron chi connectivity index (χ3n) is 3.88. The number of benzene rings is 1. The molecule has 5 nitrogen and oxygen atoms in total. The van der Waals surface area contributed by atoms with Gasteiger partial charge in [0.1, 0.15) is 11.3 Å². The summed E-state index contributed by atoms with van der Waals surface area (Å²) in [5.41, 5.74) is 1.01. The van der Waals surface area contributed by atoms with Crippen LogP contribution >= 0.6 is 11.3 Å². The van der Waals surface area contributed by atoms with Crippen LogP contribution in [0.5, 0.6) is 5.75 Å². The molecule has 0 fully saturated rings. The van der Waals surface area contributed by atoms with Crippen LogP contribution in [0.4, 0.5) is 0 Å². The van der Waals surface area contributed by atoms with Gasteiger partial charge in [-0.3, -0.25) is 14.2 Å². The molecule has 0 aliphatic carbocycles. The molecule has 0 saturated heterocycles. The van der Waals surface area contributed by atoms with Gasteiger partial charge in [-0.25, -0.2) is 0 Å². The molecular formula is C19H18N2O3S. The molecule has 1 aromatic carbocycles.